The van der Waals surface area contributed by atoms with E-state index in [1.807, 2.05) is 31.2 Å². The predicted molar refractivity (Wildman–Crippen MR) is 118 cm³/mol. The number of hydrogen-bond acceptors (Lipinski definition) is 2. The molecular formula is C25H33FO2S. The number of sulfone groups is 1. The van der Waals surface area contributed by atoms with Crippen LogP contribution in [0, 0.1) is 18.2 Å². The summed E-state index contributed by atoms with van der Waals surface area (Å²) in [7, 11) is -3.39. The molecule has 0 spiro atoms. The molecule has 0 radical (unpaired) electrons. The monoisotopic (exact) mass is 416 g/mol. The Bertz CT molecular complexity index is 924. The summed E-state index contributed by atoms with van der Waals surface area (Å²) >= 11 is 0. The first kappa shape index (κ1) is 22.0. The second-order valence-electron chi connectivity index (χ2n) is 8.82. The molecule has 0 amide bonds. The van der Waals surface area contributed by atoms with Crippen molar-refractivity contribution in [1.82, 2.24) is 0 Å². The predicted octanol–water partition coefficient (Wildman–Crippen LogP) is 6.81. The van der Waals surface area contributed by atoms with Crippen LogP contribution in [0.25, 0.3) is 0 Å². The van der Waals surface area contributed by atoms with Crippen molar-refractivity contribution in [3.05, 3.63) is 65.0 Å². The van der Waals surface area contributed by atoms with Crippen LogP contribution < -0.4 is 0 Å². The Morgan fingerprint density at radius 2 is 1.62 bits per heavy atom. The van der Waals surface area contributed by atoms with Crippen LogP contribution >= 0.6 is 0 Å². The van der Waals surface area contributed by atoms with E-state index >= 15 is 0 Å². The minimum absolute atomic E-state index is 0.0310. The fourth-order valence-electron chi connectivity index (χ4n) is 4.88. The van der Waals surface area contributed by atoms with E-state index in [1.165, 1.54) is 12.1 Å². The number of aryl methyl sites for hydroxylation is 1. The Morgan fingerprint density at radius 3 is 2.21 bits per heavy atom. The number of fused-ring (bicyclic) bond motifs is 1. The van der Waals surface area contributed by atoms with E-state index in [-0.39, 0.29) is 22.9 Å². The van der Waals surface area contributed by atoms with Gasteiger partial charge in [0.05, 0.1) is 10.6 Å². The number of hydrogen-bond donors (Lipinski definition) is 0. The van der Waals surface area contributed by atoms with Crippen LogP contribution in [-0.4, -0.2) is 14.2 Å². The number of rotatable bonds is 7. The van der Waals surface area contributed by atoms with Crippen LogP contribution in [-0.2, 0) is 9.84 Å². The zero-order chi connectivity index (χ0) is 21.1. The average molecular weight is 417 g/mol. The third-order valence-corrected chi connectivity index (χ3v) is 8.44. The molecule has 2 nitrogen and oxygen atoms in total. The number of halogens is 1. The lowest BCUT2D eigenvalue weighted by Gasteiger charge is -2.35. The minimum Gasteiger partial charge on any atom is -0.224 e. The van der Waals surface area contributed by atoms with Crippen LogP contribution in [0.1, 0.15) is 81.4 Å². The lowest BCUT2D eigenvalue weighted by molar-refractivity contribution is 0.230. The fourth-order valence-corrected chi connectivity index (χ4v) is 7.08. The molecule has 0 saturated heterocycles. The van der Waals surface area contributed by atoms with Crippen molar-refractivity contribution in [2.24, 2.45) is 5.41 Å². The van der Waals surface area contributed by atoms with E-state index in [9.17, 15) is 12.8 Å². The van der Waals surface area contributed by atoms with Gasteiger partial charge in [-0.1, -0.05) is 69.4 Å². The van der Waals surface area contributed by atoms with Gasteiger partial charge in [-0.05, 0) is 60.9 Å². The third kappa shape index (κ3) is 4.91. The van der Waals surface area contributed by atoms with Gasteiger partial charge in [0, 0.05) is 5.92 Å². The van der Waals surface area contributed by atoms with Crippen molar-refractivity contribution in [1.29, 1.82) is 0 Å². The summed E-state index contributed by atoms with van der Waals surface area (Å²) in [5.41, 5.74) is 2.71. The molecule has 4 heteroatoms. The van der Waals surface area contributed by atoms with E-state index in [4.69, 9.17) is 0 Å². The lowest BCUT2D eigenvalue weighted by atomic mass is 9.70. The Hall–Kier alpha value is -1.68. The topological polar surface area (TPSA) is 34.1 Å². The Morgan fingerprint density at radius 1 is 1.00 bits per heavy atom. The molecule has 0 aliphatic carbocycles. The Balaban J connectivity index is 2.19. The molecule has 1 unspecified atom stereocenters. The molecule has 0 fully saturated rings. The fraction of sp³-hybridized carbons (Fsp3) is 0.520. The second kappa shape index (κ2) is 8.99. The molecule has 0 bridgehead atoms. The molecule has 1 atom stereocenters. The van der Waals surface area contributed by atoms with Crippen molar-refractivity contribution in [3.8, 4) is 0 Å². The van der Waals surface area contributed by atoms with E-state index in [1.54, 1.807) is 6.07 Å². The van der Waals surface area contributed by atoms with Gasteiger partial charge in [-0.15, -0.1) is 0 Å². The summed E-state index contributed by atoms with van der Waals surface area (Å²) < 4.78 is 40.6. The molecule has 158 valence electrons. The molecule has 2 aromatic rings. The third-order valence-electron chi connectivity index (χ3n) is 6.40. The van der Waals surface area contributed by atoms with Gasteiger partial charge in [0.25, 0.3) is 0 Å². The lowest BCUT2D eigenvalue weighted by Crippen LogP contribution is -2.30. The summed E-state index contributed by atoms with van der Waals surface area (Å²) in [4.78, 5) is 0.465. The van der Waals surface area contributed by atoms with E-state index in [0.717, 1.165) is 61.6 Å². The van der Waals surface area contributed by atoms with Gasteiger partial charge in [0.15, 0.2) is 9.84 Å². The first-order chi connectivity index (χ1) is 13.8. The maximum atomic E-state index is 13.6. The summed E-state index contributed by atoms with van der Waals surface area (Å²) in [6.07, 6.45) is 6.83. The van der Waals surface area contributed by atoms with Gasteiger partial charge < -0.3 is 0 Å². The SMILES string of the molecule is CCCCC1(CCCC)CC(c2ccc(F)cc2)c2cc(C)ccc2S(=O)(=O)C1. The van der Waals surface area contributed by atoms with Crippen molar-refractivity contribution in [2.75, 3.05) is 5.75 Å². The van der Waals surface area contributed by atoms with Gasteiger partial charge in [0.2, 0.25) is 0 Å². The van der Waals surface area contributed by atoms with E-state index < -0.39 is 9.84 Å². The molecule has 1 heterocycles. The van der Waals surface area contributed by atoms with Crippen molar-refractivity contribution < 1.29 is 12.8 Å². The van der Waals surface area contributed by atoms with Crippen molar-refractivity contribution >= 4 is 9.84 Å². The van der Waals surface area contributed by atoms with Gasteiger partial charge in [-0.3, -0.25) is 0 Å². The summed E-state index contributed by atoms with van der Waals surface area (Å²) in [6, 6.07) is 12.3. The Kier molecular flexibility index (Phi) is 6.83. The molecule has 3 rings (SSSR count). The zero-order valence-corrected chi connectivity index (χ0v) is 18.7. The summed E-state index contributed by atoms with van der Waals surface area (Å²) in [6.45, 7) is 6.32. The molecule has 2 aromatic carbocycles. The molecule has 0 N–H and O–H groups in total. The maximum absolute atomic E-state index is 13.6. The first-order valence-electron chi connectivity index (χ1n) is 10.9. The highest BCUT2D eigenvalue weighted by molar-refractivity contribution is 7.91. The van der Waals surface area contributed by atoms with Gasteiger partial charge in [0.1, 0.15) is 5.82 Å². The molecule has 1 aliphatic heterocycles. The smallest absolute Gasteiger partial charge is 0.179 e. The van der Waals surface area contributed by atoms with Gasteiger partial charge in [-0.25, -0.2) is 12.8 Å². The molecule has 0 saturated carbocycles. The highest BCUT2D eigenvalue weighted by Gasteiger charge is 2.42. The average Bonchev–Trinajstić information content (AvgIpc) is 2.78. The largest absolute Gasteiger partial charge is 0.224 e. The van der Waals surface area contributed by atoms with Gasteiger partial charge >= 0.3 is 0 Å². The Labute approximate surface area is 175 Å². The highest BCUT2D eigenvalue weighted by Crippen LogP contribution is 2.49. The van der Waals surface area contributed by atoms with Crippen LogP contribution in [0.15, 0.2) is 47.4 Å². The molecule has 29 heavy (non-hydrogen) atoms. The minimum atomic E-state index is -3.39. The quantitative estimate of drug-likeness (QED) is 0.497. The number of benzene rings is 2. The first-order valence-corrected chi connectivity index (χ1v) is 12.5. The van der Waals surface area contributed by atoms with E-state index in [0.29, 0.717) is 4.90 Å². The summed E-state index contributed by atoms with van der Waals surface area (Å²) in [5, 5.41) is 0. The van der Waals surface area contributed by atoms with Gasteiger partial charge in [-0.2, -0.15) is 0 Å². The molecule has 0 aromatic heterocycles. The standard InChI is InChI=1S/C25H33FO2S/c1-4-6-14-25(15-7-5-2)17-23(20-9-11-21(26)12-10-20)22-16-19(3)8-13-24(22)29(27,28)18-25/h8-13,16,23H,4-7,14-15,17-18H2,1-3H3. The van der Waals surface area contributed by atoms with Crippen LogP contribution in [0.5, 0.6) is 0 Å². The van der Waals surface area contributed by atoms with E-state index in [2.05, 4.69) is 13.8 Å². The van der Waals surface area contributed by atoms with Crippen molar-refractivity contribution in [3.63, 3.8) is 0 Å². The number of unbranched alkanes of at least 4 members (excludes halogenated alkanes) is 2. The summed E-state index contributed by atoms with van der Waals surface area (Å²) in [5.74, 6) is -0.0764. The van der Waals surface area contributed by atoms with Crippen LogP contribution in [0.4, 0.5) is 4.39 Å². The molecule has 1 aliphatic rings. The molecular weight excluding hydrogens is 383 g/mol. The zero-order valence-electron chi connectivity index (χ0n) is 17.9. The second-order valence-corrected chi connectivity index (χ2v) is 10.8. The van der Waals surface area contributed by atoms with Crippen LogP contribution in [0.3, 0.4) is 0 Å². The normalized spacial score (nSPS) is 20.1. The maximum Gasteiger partial charge on any atom is 0.179 e. The van der Waals surface area contributed by atoms with Crippen LogP contribution in [0.2, 0.25) is 0 Å². The van der Waals surface area contributed by atoms with Crippen molar-refractivity contribution in [2.45, 2.75) is 76.5 Å². The highest BCUT2D eigenvalue weighted by atomic mass is 32.2.